The van der Waals surface area contributed by atoms with Gasteiger partial charge in [-0.3, -0.25) is 4.79 Å². The second-order valence-electron chi connectivity index (χ2n) is 3.71. The number of carbonyl (C=O) groups is 1. The van der Waals surface area contributed by atoms with E-state index in [-0.39, 0.29) is 22.1 Å². The van der Waals surface area contributed by atoms with Crippen molar-refractivity contribution in [2.24, 2.45) is 0 Å². The molecule has 3 aromatic rings. The molecule has 18 heavy (non-hydrogen) atoms. The third-order valence-corrected chi connectivity index (χ3v) is 2.88. The fraction of sp³-hybridized carbons (Fsp3) is 0. The Hall–Kier alpha value is -2.07. The maximum atomic E-state index is 13.4. The number of para-hydroxylation sites is 1. The van der Waals surface area contributed by atoms with Gasteiger partial charge < -0.3 is 8.83 Å². The molecule has 3 nitrogen and oxygen atoms in total. The monoisotopic (exact) mass is 264 g/mol. The number of carbonyl (C=O) groups excluding carboxylic acids is 1. The van der Waals surface area contributed by atoms with Crippen LogP contribution in [0.1, 0.15) is 16.1 Å². The lowest BCUT2D eigenvalue weighted by atomic mass is 10.1. The van der Waals surface area contributed by atoms with Crippen LogP contribution in [-0.2, 0) is 0 Å². The van der Waals surface area contributed by atoms with Gasteiger partial charge in [0.25, 0.3) is 0 Å². The molecule has 5 heteroatoms. The normalized spacial score (nSPS) is 11.0. The molecule has 0 saturated heterocycles. The average Bonchev–Trinajstić information content (AvgIpc) is 2.95. The van der Waals surface area contributed by atoms with Crippen LogP contribution in [0.15, 0.2) is 45.4 Å². The molecule has 0 bridgehead atoms. The van der Waals surface area contributed by atoms with Crippen LogP contribution in [0.25, 0.3) is 11.0 Å². The molecule has 0 fully saturated rings. The van der Waals surface area contributed by atoms with Crippen molar-refractivity contribution in [1.82, 2.24) is 0 Å². The van der Waals surface area contributed by atoms with Crippen LogP contribution in [0, 0.1) is 5.82 Å². The van der Waals surface area contributed by atoms with Crippen LogP contribution in [0.2, 0.25) is 5.22 Å². The minimum Gasteiger partial charge on any atom is -0.452 e. The predicted octanol–water partition coefficient (Wildman–Crippen LogP) is 4.05. The summed E-state index contributed by atoms with van der Waals surface area (Å²) in [6.07, 6.45) is 1.30. The van der Waals surface area contributed by atoms with Gasteiger partial charge in [-0.2, -0.15) is 0 Å². The van der Waals surface area contributed by atoms with Crippen molar-refractivity contribution in [3.8, 4) is 0 Å². The first-order valence-corrected chi connectivity index (χ1v) is 5.50. The Balaban J connectivity index is 2.13. The smallest absolute Gasteiger partial charge is 0.233 e. The Labute approximate surface area is 106 Å². The predicted molar refractivity (Wildman–Crippen MR) is 63.3 cm³/mol. The van der Waals surface area contributed by atoms with Crippen molar-refractivity contribution in [3.63, 3.8) is 0 Å². The molecular formula is C13H6ClFO3. The van der Waals surface area contributed by atoms with E-state index >= 15 is 0 Å². The number of fused-ring (bicyclic) bond motifs is 1. The minimum absolute atomic E-state index is 0.0130. The number of hydrogen-bond donors (Lipinski definition) is 0. The van der Waals surface area contributed by atoms with Crippen LogP contribution < -0.4 is 0 Å². The molecule has 0 radical (unpaired) electrons. The van der Waals surface area contributed by atoms with Crippen LogP contribution in [0.4, 0.5) is 4.39 Å². The zero-order chi connectivity index (χ0) is 12.7. The molecule has 2 aromatic heterocycles. The molecule has 0 N–H and O–H groups in total. The molecule has 0 aliphatic carbocycles. The average molecular weight is 265 g/mol. The molecule has 1 aromatic carbocycles. The lowest BCUT2D eigenvalue weighted by Crippen LogP contribution is -1.97. The Morgan fingerprint density at radius 3 is 2.78 bits per heavy atom. The topological polar surface area (TPSA) is 43.4 Å². The molecule has 0 aliphatic heterocycles. The van der Waals surface area contributed by atoms with Gasteiger partial charge in [-0.1, -0.05) is 12.1 Å². The largest absolute Gasteiger partial charge is 0.452 e. The summed E-state index contributed by atoms with van der Waals surface area (Å²) in [5.74, 6) is -0.924. The maximum absolute atomic E-state index is 13.4. The van der Waals surface area contributed by atoms with Crippen LogP contribution in [0.5, 0.6) is 0 Å². The maximum Gasteiger partial charge on any atom is 0.233 e. The highest BCUT2D eigenvalue weighted by Gasteiger charge is 2.20. The van der Waals surface area contributed by atoms with Gasteiger partial charge in [0.1, 0.15) is 0 Å². The first-order valence-electron chi connectivity index (χ1n) is 5.12. The third kappa shape index (κ3) is 1.62. The zero-order valence-corrected chi connectivity index (χ0v) is 9.70. The van der Waals surface area contributed by atoms with Crippen molar-refractivity contribution >= 4 is 28.4 Å². The number of halogens is 2. The minimum atomic E-state index is -0.509. The molecule has 0 spiro atoms. The summed E-state index contributed by atoms with van der Waals surface area (Å²) in [5, 5.41) is 0.513. The Kier molecular flexibility index (Phi) is 2.45. The zero-order valence-electron chi connectivity index (χ0n) is 8.94. The van der Waals surface area contributed by atoms with E-state index in [4.69, 9.17) is 20.4 Å². The van der Waals surface area contributed by atoms with Gasteiger partial charge in [-0.15, -0.1) is 0 Å². The highest BCUT2D eigenvalue weighted by molar-refractivity contribution is 6.33. The van der Waals surface area contributed by atoms with Gasteiger partial charge in [0.2, 0.25) is 11.0 Å². The lowest BCUT2D eigenvalue weighted by molar-refractivity contribution is 0.101. The molecule has 2 heterocycles. The molecule has 90 valence electrons. The second kappa shape index (κ2) is 3.99. The van der Waals surface area contributed by atoms with Crippen molar-refractivity contribution in [3.05, 3.63) is 59.0 Å². The Morgan fingerprint density at radius 1 is 1.28 bits per heavy atom. The van der Waals surface area contributed by atoms with Crippen molar-refractivity contribution < 1.29 is 18.0 Å². The second-order valence-corrected chi connectivity index (χ2v) is 4.05. The molecule has 0 saturated carbocycles. The van der Waals surface area contributed by atoms with E-state index < -0.39 is 11.6 Å². The summed E-state index contributed by atoms with van der Waals surface area (Å²) in [7, 11) is 0. The SMILES string of the molecule is O=C(c1cc2cccc(F)c2o1)c1ccoc1Cl. The van der Waals surface area contributed by atoms with E-state index in [1.807, 2.05) is 0 Å². The lowest BCUT2D eigenvalue weighted by Gasteiger charge is -1.92. The number of benzene rings is 1. The summed E-state index contributed by atoms with van der Waals surface area (Å²) in [6, 6.07) is 7.39. The summed E-state index contributed by atoms with van der Waals surface area (Å²) in [6.45, 7) is 0. The van der Waals surface area contributed by atoms with E-state index in [0.29, 0.717) is 5.39 Å². The van der Waals surface area contributed by atoms with Gasteiger partial charge >= 0.3 is 0 Å². The summed E-state index contributed by atoms with van der Waals surface area (Å²) >= 11 is 5.71. The van der Waals surface area contributed by atoms with Crippen molar-refractivity contribution in [2.75, 3.05) is 0 Å². The van der Waals surface area contributed by atoms with Crippen molar-refractivity contribution in [2.45, 2.75) is 0 Å². The third-order valence-electron chi connectivity index (χ3n) is 2.58. The summed E-state index contributed by atoms with van der Waals surface area (Å²) < 4.78 is 23.5. The highest BCUT2D eigenvalue weighted by Crippen LogP contribution is 2.26. The van der Waals surface area contributed by atoms with E-state index in [1.54, 1.807) is 12.1 Å². The molecule has 0 aliphatic rings. The molecule has 0 unspecified atom stereocenters. The van der Waals surface area contributed by atoms with Gasteiger partial charge in [-0.25, -0.2) is 4.39 Å². The fourth-order valence-electron chi connectivity index (χ4n) is 1.73. The highest BCUT2D eigenvalue weighted by atomic mass is 35.5. The van der Waals surface area contributed by atoms with Gasteiger partial charge in [-0.05, 0) is 29.8 Å². The summed E-state index contributed by atoms with van der Waals surface area (Å²) in [5.41, 5.74) is 0.247. The fourth-order valence-corrected chi connectivity index (χ4v) is 1.93. The van der Waals surface area contributed by atoms with Gasteiger partial charge in [0, 0.05) is 5.39 Å². The van der Waals surface area contributed by atoms with E-state index in [2.05, 4.69) is 0 Å². The van der Waals surface area contributed by atoms with Crippen LogP contribution >= 0.6 is 11.6 Å². The number of furan rings is 2. The van der Waals surface area contributed by atoms with Gasteiger partial charge in [0.05, 0.1) is 11.8 Å². The van der Waals surface area contributed by atoms with Crippen molar-refractivity contribution in [1.29, 1.82) is 0 Å². The first kappa shape index (κ1) is 11.0. The standard InChI is InChI=1S/C13H6ClFO3/c14-13-8(4-5-17-13)11(16)10-6-7-2-1-3-9(15)12(7)18-10/h1-6H. The number of ketones is 1. The van der Waals surface area contributed by atoms with Gasteiger partial charge in [0.15, 0.2) is 17.2 Å². The molecule has 0 atom stereocenters. The molecule has 0 amide bonds. The van der Waals surface area contributed by atoms with E-state index in [1.165, 1.54) is 24.5 Å². The Bertz CT molecular complexity index is 742. The number of hydrogen-bond acceptors (Lipinski definition) is 3. The van der Waals surface area contributed by atoms with E-state index in [0.717, 1.165) is 0 Å². The number of rotatable bonds is 2. The quantitative estimate of drug-likeness (QED) is 0.656. The van der Waals surface area contributed by atoms with Crippen LogP contribution in [-0.4, -0.2) is 5.78 Å². The first-order chi connectivity index (χ1) is 8.66. The Morgan fingerprint density at radius 2 is 2.11 bits per heavy atom. The summed E-state index contributed by atoms with van der Waals surface area (Å²) in [4.78, 5) is 12.0. The molecular weight excluding hydrogens is 259 g/mol. The van der Waals surface area contributed by atoms with Crippen LogP contribution in [0.3, 0.4) is 0 Å². The van der Waals surface area contributed by atoms with E-state index in [9.17, 15) is 9.18 Å². The molecule has 3 rings (SSSR count).